The molecule has 2 atom stereocenters. The Hall–Kier alpha value is -3.78. The van der Waals surface area contributed by atoms with Crippen LogP contribution in [0.25, 0.3) is 11.3 Å². The molecule has 2 heterocycles. The summed E-state index contributed by atoms with van der Waals surface area (Å²) in [5.74, 6) is 0. The van der Waals surface area contributed by atoms with Crippen molar-refractivity contribution in [1.82, 2.24) is 0 Å². The number of rotatable bonds is 7. The van der Waals surface area contributed by atoms with Crippen molar-refractivity contribution in [2.45, 2.75) is 90.6 Å². The maximum atomic E-state index is 4.71. The molecule has 2 unspecified atom stereocenters. The van der Waals surface area contributed by atoms with E-state index in [1.165, 1.54) is 39.1 Å². The molecule has 1 saturated carbocycles. The Morgan fingerprint density at radius 1 is 1.00 bits per heavy atom. The second-order valence-corrected chi connectivity index (χ2v) is 13.9. The summed E-state index contributed by atoms with van der Waals surface area (Å²) in [5, 5.41) is 0. The Bertz CT molecular complexity index is 1570. The molecule has 1 fully saturated rings. The first kappa shape index (κ1) is 32.1. The minimum absolute atomic E-state index is 0.0320. The number of aryl methyl sites for hydroxylation is 1. The highest BCUT2D eigenvalue weighted by Crippen LogP contribution is 2.73. The average molecular weight is 573 g/mol. The van der Waals surface area contributed by atoms with Gasteiger partial charge in [-0.15, -0.1) is 0 Å². The maximum absolute atomic E-state index is 4.71. The largest absolute Gasteiger partial charge is 0.268 e. The van der Waals surface area contributed by atoms with Crippen LogP contribution in [0.2, 0.25) is 0 Å². The van der Waals surface area contributed by atoms with Crippen molar-refractivity contribution >= 4 is 6.72 Å². The Balaban J connectivity index is 2.12. The fourth-order valence-corrected chi connectivity index (χ4v) is 7.71. The fourth-order valence-electron chi connectivity index (χ4n) is 7.71. The summed E-state index contributed by atoms with van der Waals surface area (Å²) in [5.41, 5.74) is 7.83. The van der Waals surface area contributed by atoms with Gasteiger partial charge in [0, 0.05) is 29.7 Å². The molecule has 43 heavy (non-hydrogen) atoms. The van der Waals surface area contributed by atoms with Crippen LogP contribution in [0.5, 0.6) is 0 Å². The molecular formula is C41H52N2+2. The quantitative estimate of drug-likeness (QED) is 0.230. The van der Waals surface area contributed by atoms with Crippen LogP contribution in [0.4, 0.5) is 0 Å². The summed E-state index contributed by atoms with van der Waals surface area (Å²) in [4.78, 5) is 0. The second kappa shape index (κ2) is 12.1. The van der Waals surface area contributed by atoms with Crippen molar-refractivity contribution in [3.8, 4) is 11.3 Å². The monoisotopic (exact) mass is 572 g/mol. The molecule has 4 rings (SSSR count). The van der Waals surface area contributed by atoms with E-state index >= 15 is 0 Å². The molecular weight excluding hydrogens is 520 g/mol. The molecule has 224 valence electrons. The zero-order valence-corrected chi connectivity index (χ0v) is 27.7. The van der Waals surface area contributed by atoms with Crippen LogP contribution in [0.3, 0.4) is 0 Å². The third-order valence-corrected chi connectivity index (χ3v) is 10.1. The van der Waals surface area contributed by atoms with E-state index in [-0.39, 0.29) is 16.4 Å². The highest BCUT2D eigenvalue weighted by Gasteiger charge is 2.96. The lowest BCUT2D eigenvalue weighted by molar-refractivity contribution is -0.751. The number of nitrogens with zero attached hydrogens (tertiary/aromatic N) is 2. The summed E-state index contributed by atoms with van der Waals surface area (Å²) in [6.45, 7) is 33.7. The first-order valence-electron chi connectivity index (χ1n) is 15.7. The van der Waals surface area contributed by atoms with Crippen molar-refractivity contribution in [3.63, 3.8) is 0 Å². The van der Waals surface area contributed by atoms with E-state index in [0.29, 0.717) is 0 Å². The number of hydrogen-bond acceptors (Lipinski definition) is 0. The molecule has 0 amide bonds. The third kappa shape index (κ3) is 5.20. The van der Waals surface area contributed by atoms with Gasteiger partial charge in [0.25, 0.3) is 5.54 Å². The van der Waals surface area contributed by atoms with Crippen LogP contribution in [0.15, 0.2) is 122 Å². The molecule has 2 heteroatoms. The van der Waals surface area contributed by atoms with E-state index in [4.69, 9.17) is 6.72 Å². The highest BCUT2D eigenvalue weighted by atomic mass is 15.3. The van der Waals surface area contributed by atoms with Crippen LogP contribution in [0.1, 0.15) is 77.5 Å². The van der Waals surface area contributed by atoms with Crippen LogP contribution in [-0.2, 0) is 17.4 Å². The van der Waals surface area contributed by atoms with Crippen LogP contribution in [0, 0.1) is 12.3 Å². The number of aromatic nitrogens is 1. The molecule has 1 spiro atoms. The minimum Gasteiger partial charge on any atom is -0.195 e. The van der Waals surface area contributed by atoms with Gasteiger partial charge in [0.2, 0.25) is 11.2 Å². The standard InChI is InChI=1S/C41H52N2/c1-12-14-15-16-19-26-33-30-43(37(29-36(33)38(5,6)7)34-27-21-20-24-31(34)3)40(10)39(8,9)41(40)35(23-13-2)32(4)25-18-17-22-28-42(41)11/h12-16,19-24,27-30H,1-2,4,11,17-18,25-26H2,3,5-10H3/q+2/b15-14-,19-16-,28-22-,35-23+. The van der Waals surface area contributed by atoms with E-state index < -0.39 is 5.54 Å². The Kier molecular flexibility index (Phi) is 9.03. The zero-order chi connectivity index (χ0) is 31.6. The van der Waals surface area contributed by atoms with E-state index in [1.807, 2.05) is 24.3 Å². The van der Waals surface area contributed by atoms with E-state index in [1.54, 1.807) is 0 Å². The molecule has 0 N–H and O–H groups in total. The van der Waals surface area contributed by atoms with Crippen LogP contribution in [-0.4, -0.2) is 16.8 Å². The summed E-state index contributed by atoms with van der Waals surface area (Å²) >= 11 is 0. The van der Waals surface area contributed by atoms with E-state index in [2.05, 4.69) is 144 Å². The second-order valence-electron chi connectivity index (χ2n) is 13.9. The van der Waals surface area contributed by atoms with Gasteiger partial charge in [0.15, 0.2) is 12.4 Å². The van der Waals surface area contributed by atoms with Crippen molar-refractivity contribution < 1.29 is 9.14 Å². The van der Waals surface area contributed by atoms with Gasteiger partial charge in [0.05, 0.1) is 0 Å². The van der Waals surface area contributed by atoms with Gasteiger partial charge in [-0.3, -0.25) is 0 Å². The molecule has 2 aromatic rings. The summed E-state index contributed by atoms with van der Waals surface area (Å²) < 4.78 is 4.81. The molecule has 0 saturated heterocycles. The number of pyridine rings is 1. The predicted molar refractivity (Wildman–Crippen MR) is 186 cm³/mol. The van der Waals surface area contributed by atoms with Gasteiger partial charge < -0.3 is 0 Å². The molecule has 1 aromatic heterocycles. The normalized spacial score (nSPS) is 25.6. The summed E-state index contributed by atoms with van der Waals surface area (Å²) in [7, 11) is 0. The number of benzene rings is 1. The Morgan fingerprint density at radius 3 is 2.37 bits per heavy atom. The van der Waals surface area contributed by atoms with Gasteiger partial charge in [-0.05, 0) is 80.7 Å². The molecule has 1 aliphatic heterocycles. The topological polar surface area (TPSA) is 6.89 Å². The highest BCUT2D eigenvalue weighted by molar-refractivity contribution is 5.63. The molecule has 0 bridgehead atoms. The summed E-state index contributed by atoms with van der Waals surface area (Å²) in [6.07, 6.45) is 25.1. The van der Waals surface area contributed by atoms with Crippen molar-refractivity contribution in [2.24, 2.45) is 5.41 Å². The smallest absolute Gasteiger partial charge is 0.195 e. The van der Waals surface area contributed by atoms with Crippen molar-refractivity contribution in [1.29, 1.82) is 0 Å². The molecule has 1 aliphatic carbocycles. The van der Waals surface area contributed by atoms with Crippen molar-refractivity contribution in [3.05, 3.63) is 139 Å². The maximum Gasteiger partial charge on any atom is 0.268 e. The van der Waals surface area contributed by atoms with Crippen LogP contribution >= 0.6 is 0 Å². The van der Waals surface area contributed by atoms with Crippen molar-refractivity contribution in [2.75, 3.05) is 0 Å². The van der Waals surface area contributed by atoms with Gasteiger partial charge >= 0.3 is 0 Å². The first-order valence-corrected chi connectivity index (χ1v) is 15.7. The van der Waals surface area contributed by atoms with E-state index in [0.717, 1.165) is 25.7 Å². The van der Waals surface area contributed by atoms with Gasteiger partial charge in [0.1, 0.15) is 12.1 Å². The lowest BCUT2D eigenvalue weighted by Crippen LogP contribution is -2.55. The first-order chi connectivity index (χ1) is 20.3. The summed E-state index contributed by atoms with van der Waals surface area (Å²) in [6, 6.07) is 11.2. The fraction of sp³-hybridized carbons (Fsp3) is 0.366. The number of allylic oxidation sites excluding steroid dienone is 8. The van der Waals surface area contributed by atoms with E-state index in [9.17, 15) is 0 Å². The number of hydrogen-bond donors (Lipinski definition) is 0. The third-order valence-electron chi connectivity index (χ3n) is 10.1. The van der Waals surface area contributed by atoms with Gasteiger partial charge in [-0.2, -0.15) is 9.14 Å². The minimum atomic E-state index is -0.433. The molecule has 2 aliphatic rings. The molecule has 0 radical (unpaired) electrons. The molecule has 1 aromatic carbocycles. The van der Waals surface area contributed by atoms with Gasteiger partial charge in [-0.25, -0.2) is 0 Å². The Morgan fingerprint density at radius 2 is 1.72 bits per heavy atom. The molecule has 2 nitrogen and oxygen atoms in total. The Labute approximate surface area is 261 Å². The average Bonchev–Trinajstić information content (AvgIpc) is 3.34. The lowest BCUT2D eigenvalue weighted by Gasteiger charge is -2.25. The van der Waals surface area contributed by atoms with Gasteiger partial charge in [-0.1, -0.05) is 101 Å². The predicted octanol–water partition coefficient (Wildman–Crippen LogP) is 9.66. The SMILES string of the molecule is C=C/C=C\C=C/Cc1c[n+](C2(C)C(C)(C)C23/C(=C/C=C)C(=C)CCC/C=C\[N+]3=C)c(-c2ccccc2C)cc1C(C)(C)C. The lowest BCUT2D eigenvalue weighted by atomic mass is 9.82. The van der Waals surface area contributed by atoms with Crippen LogP contribution < -0.4 is 4.57 Å². The zero-order valence-electron chi connectivity index (χ0n) is 27.7.